The molecule has 0 atom stereocenters. The lowest BCUT2D eigenvalue weighted by Crippen LogP contribution is -2.17. The van der Waals surface area contributed by atoms with Gasteiger partial charge in [0, 0.05) is 32.6 Å². The van der Waals surface area contributed by atoms with Gasteiger partial charge in [-0.1, -0.05) is 33.6 Å². The van der Waals surface area contributed by atoms with Crippen molar-refractivity contribution in [3.8, 4) is 0 Å². The van der Waals surface area contributed by atoms with Crippen LogP contribution in [0.4, 0.5) is 5.69 Å². The molecule has 1 aromatic heterocycles. The highest BCUT2D eigenvalue weighted by Crippen LogP contribution is 2.29. The Morgan fingerprint density at radius 2 is 1.96 bits per heavy atom. The minimum atomic E-state index is -0.113. The summed E-state index contributed by atoms with van der Waals surface area (Å²) in [5.41, 5.74) is 4.53. The maximum Gasteiger partial charge on any atom is 0.272 e. The first kappa shape index (κ1) is 17.1. The largest absolute Gasteiger partial charge is 0.337 e. The van der Waals surface area contributed by atoms with Crippen LogP contribution in [0.2, 0.25) is 5.02 Å². The fraction of sp³-hybridized carbons (Fsp3) is 0.211. The summed E-state index contributed by atoms with van der Waals surface area (Å²) in [5, 5.41) is 4.68. The topological polar surface area (TPSA) is 34.0 Å². The molecule has 0 aliphatic heterocycles. The van der Waals surface area contributed by atoms with Gasteiger partial charge in [-0.3, -0.25) is 4.79 Å². The van der Waals surface area contributed by atoms with Gasteiger partial charge in [0.25, 0.3) is 5.91 Å². The second-order valence-corrected chi connectivity index (χ2v) is 7.09. The monoisotopic (exact) mass is 404 g/mol. The number of aromatic nitrogens is 1. The number of halogens is 2. The standard InChI is InChI=1S/C19H18BrClN2O/c1-4-23-17-8-6-13(21)9-15(17)12(3)18(23)19(24)22-14-7-5-11(2)16(20)10-14/h5-10H,4H2,1-3H3,(H,22,24). The van der Waals surface area contributed by atoms with E-state index in [0.717, 1.165) is 32.2 Å². The molecular formula is C19H18BrClN2O. The number of benzene rings is 2. The van der Waals surface area contributed by atoms with E-state index in [0.29, 0.717) is 17.3 Å². The summed E-state index contributed by atoms with van der Waals surface area (Å²) < 4.78 is 3.00. The van der Waals surface area contributed by atoms with Crippen molar-refractivity contribution in [2.75, 3.05) is 5.32 Å². The second-order valence-electron chi connectivity index (χ2n) is 5.80. The third-order valence-electron chi connectivity index (χ3n) is 4.24. The molecule has 1 amide bonds. The molecule has 24 heavy (non-hydrogen) atoms. The first-order valence-corrected chi connectivity index (χ1v) is 8.95. The number of carbonyl (C=O) groups excluding carboxylic acids is 1. The van der Waals surface area contributed by atoms with Crippen LogP contribution in [-0.4, -0.2) is 10.5 Å². The summed E-state index contributed by atoms with van der Waals surface area (Å²) in [4.78, 5) is 12.9. The van der Waals surface area contributed by atoms with Gasteiger partial charge < -0.3 is 9.88 Å². The molecule has 5 heteroatoms. The van der Waals surface area contributed by atoms with Crippen LogP contribution in [0, 0.1) is 13.8 Å². The van der Waals surface area contributed by atoms with Crippen molar-refractivity contribution in [3.63, 3.8) is 0 Å². The summed E-state index contributed by atoms with van der Waals surface area (Å²) in [6.45, 7) is 6.72. The molecule has 0 bridgehead atoms. The number of hydrogen-bond donors (Lipinski definition) is 1. The Labute approximate surface area is 154 Å². The predicted molar refractivity (Wildman–Crippen MR) is 104 cm³/mol. The first-order valence-electron chi connectivity index (χ1n) is 7.78. The van der Waals surface area contributed by atoms with E-state index in [9.17, 15) is 4.79 Å². The molecular weight excluding hydrogens is 388 g/mol. The highest BCUT2D eigenvalue weighted by Gasteiger charge is 2.20. The lowest BCUT2D eigenvalue weighted by atomic mass is 10.1. The fourth-order valence-corrected chi connectivity index (χ4v) is 3.53. The van der Waals surface area contributed by atoms with E-state index in [1.807, 2.05) is 61.7 Å². The van der Waals surface area contributed by atoms with E-state index in [1.54, 1.807) is 0 Å². The number of fused-ring (bicyclic) bond motifs is 1. The third-order valence-corrected chi connectivity index (χ3v) is 5.33. The van der Waals surface area contributed by atoms with E-state index in [2.05, 4.69) is 21.2 Å². The Kier molecular flexibility index (Phi) is 4.70. The van der Waals surface area contributed by atoms with Crippen LogP contribution in [0.5, 0.6) is 0 Å². The van der Waals surface area contributed by atoms with Crippen molar-refractivity contribution in [2.24, 2.45) is 0 Å². The fourth-order valence-electron chi connectivity index (χ4n) is 2.98. The van der Waals surface area contributed by atoms with Crippen LogP contribution in [-0.2, 0) is 6.54 Å². The number of amides is 1. The van der Waals surface area contributed by atoms with E-state index < -0.39 is 0 Å². The number of carbonyl (C=O) groups is 1. The molecule has 2 aromatic carbocycles. The Balaban J connectivity index is 2.06. The predicted octanol–water partition coefficient (Wildman–Crippen LogP) is 5.95. The highest BCUT2D eigenvalue weighted by atomic mass is 79.9. The minimum absolute atomic E-state index is 0.113. The normalized spacial score (nSPS) is 11.0. The molecule has 0 saturated carbocycles. The maximum absolute atomic E-state index is 12.9. The van der Waals surface area contributed by atoms with Crippen LogP contribution in [0.25, 0.3) is 10.9 Å². The van der Waals surface area contributed by atoms with Gasteiger partial charge in [-0.05, 0) is 62.2 Å². The second kappa shape index (κ2) is 6.61. The number of nitrogens with one attached hydrogen (secondary N) is 1. The van der Waals surface area contributed by atoms with E-state index >= 15 is 0 Å². The van der Waals surface area contributed by atoms with Crippen molar-refractivity contribution in [1.82, 2.24) is 4.57 Å². The molecule has 3 nitrogen and oxygen atoms in total. The van der Waals surface area contributed by atoms with Crippen molar-refractivity contribution < 1.29 is 4.79 Å². The SMILES string of the molecule is CCn1c(C(=O)Nc2ccc(C)c(Br)c2)c(C)c2cc(Cl)ccc21. The van der Waals surface area contributed by atoms with Crippen LogP contribution in [0.1, 0.15) is 28.5 Å². The molecule has 0 radical (unpaired) electrons. The van der Waals surface area contributed by atoms with E-state index in [-0.39, 0.29) is 5.91 Å². The smallest absolute Gasteiger partial charge is 0.272 e. The highest BCUT2D eigenvalue weighted by molar-refractivity contribution is 9.10. The van der Waals surface area contributed by atoms with E-state index in [4.69, 9.17) is 11.6 Å². The van der Waals surface area contributed by atoms with Gasteiger partial charge in [-0.2, -0.15) is 0 Å². The van der Waals surface area contributed by atoms with Crippen molar-refractivity contribution in [3.05, 3.63) is 62.7 Å². The molecule has 0 fully saturated rings. The molecule has 1 heterocycles. The third kappa shape index (κ3) is 2.96. The molecule has 0 unspecified atom stereocenters. The lowest BCUT2D eigenvalue weighted by molar-refractivity contribution is 0.101. The molecule has 0 saturated heterocycles. The number of nitrogens with zero attached hydrogens (tertiary/aromatic N) is 1. The molecule has 1 N–H and O–H groups in total. The van der Waals surface area contributed by atoms with Gasteiger partial charge in [0.2, 0.25) is 0 Å². The summed E-state index contributed by atoms with van der Waals surface area (Å²) in [6, 6.07) is 11.5. The van der Waals surface area contributed by atoms with Gasteiger partial charge in [-0.25, -0.2) is 0 Å². The zero-order chi connectivity index (χ0) is 17.4. The molecule has 124 valence electrons. The molecule has 0 aliphatic carbocycles. The minimum Gasteiger partial charge on any atom is -0.337 e. The van der Waals surface area contributed by atoms with Gasteiger partial charge in [0.05, 0.1) is 0 Å². The van der Waals surface area contributed by atoms with Crippen LogP contribution in [0.15, 0.2) is 40.9 Å². The van der Waals surface area contributed by atoms with Gasteiger partial charge in [0.15, 0.2) is 0 Å². The Morgan fingerprint density at radius 3 is 2.62 bits per heavy atom. The summed E-state index contributed by atoms with van der Waals surface area (Å²) in [5.74, 6) is -0.113. The van der Waals surface area contributed by atoms with Gasteiger partial charge >= 0.3 is 0 Å². The lowest BCUT2D eigenvalue weighted by Gasteiger charge is -2.11. The van der Waals surface area contributed by atoms with Crippen LogP contribution < -0.4 is 5.32 Å². The molecule has 0 spiro atoms. The maximum atomic E-state index is 12.9. The number of rotatable bonds is 3. The Morgan fingerprint density at radius 1 is 1.21 bits per heavy atom. The molecule has 3 aromatic rings. The first-order chi connectivity index (χ1) is 11.4. The van der Waals surface area contributed by atoms with Gasteiger partial charge in [0.1, 0.15) is 5.69 Å². The van der Waals surface area contributed by atoms with Crippen molar-refractivity contribution >= 4 is 50.0 Å². The average molecular weight is 406 g/mol. The van der Waals surface area contributed by atoms with E-state index in [1.165, 1.54) is 0 Å². The molecule has 3 rings (SSSR count). The zero-order valence-electron chi connectivity index (χ0n) is 13.8. The van der Waals surface area contributed by atoms with Crippen molar-refractivity contribution in [2.45, 2.75) is 27.3 Å². The Bertz CT molecular complexity index is 946. The van der Waals surface area contributed by atoms with Crippen molar-refractivity contribution in [1.29, 1.82) is 0 Å². The summed E-state index contributed by atoms with van der Waals surface area (Å²) in [7, 11) is 0. The average Bonchev–Trinajstić information content (AvgIpc) is 2.83. The number of aryl methyl sites for hydroxylation is 3. The van der Waals surface area contributed by atoms with Gasteiger partial charge in [-0.15, -0.1) is 0 Å². The summed E-state index contributed by atoms with van der Waals surface area (Å²) in [6.07, 6.45) is 0. The molecule has 0 aliphatic rings. The zero-order valence-corrected chi connectivity index (χ0v) is 16.1. The Hall–Kier alpha value is -1.78. The number of anilines is 1. The van der Waals surface area contributed by atoms with Crippen LogP contribution >= 0.6 is 27.5 Å². The van der Waals surface area contributed by atoms with Crippen LogP contribution in [0.3, 0.4) is 0 Å². The summed E-state index contributed by atoms with van der Waals surface area (Å²) >= 11 is 9.62. The number of hydrogen-bond acceptors (Lipinski definition) is 1. The quantitative estimate of drug-likeness (QED) is 0.574.